The maximum atomic E-state index is 12.8. The number of esters is 1. The van der Waals surface area contributed by atoms with Gasteiger partial charge < -0.3 is 14.7 Å². The van der Waals surface area contributed by atoms with Crippen molar-refractivity contribution in [1.29, 1.82) is 0 Å². The zero-order valence-electron chi connectivity index (χ0n) is 28.1. The van der Waals surface area contributed by atoms with E-state index in [1.54, 1.807) is 21.6 Å². The van der Waals surface area contributed by atoms with Gasteiger partial charge in [-0.2, -0.15) is 0 Å². The van der Waals surface area contributed by atoms with Gasteiger partial charge in [-0.25, -0.2) is 0 Å². The SMILES string of the molecule is C[C@]12CC[C@H](OC(=O)CCSSCCC(=O)N(CC(=O)O)Cc3ccccc3)CC1=CC[C@@H]1[C@@H]2CC[C@]2(C)C(c3cccnc3)=CC[C@@H]12. The highest BCUT2D eigenvalue weighted by atomic mass is 33.1. The van der Waals surface area contributed by atoms with E-state index >= 15 is 0 Å². The smallest absolute Gasteiger partial charge is 0.323 e. The minimum atomic E-state index is -1.02. The van der Waals surface area contributed by atoms with Crippen LogP contribution in [0.15, 0.2) is 72.6 Å². The number of carbonyl (C=O) groups is 3. The van der Waals surface area contributed by atoms with Crippen LogP contribution in [0.2, 0.25) is 0 Å². The lowest BCUT2D eigenvalue weighted by Gasteiger charge is -2.57. The van der Waals surface area contributed by atoms with Gasteiger partial charge in [0.2, 0.25) is 5.91 Å². The second kappa shape index (κ2) is 15.2. The molecule has 1 N–H and O–H groups in total. The first-order chi connectivity index (χ1) is 23.2. The number of aliphatic carboxylic acids is 1. The first-order valence-electron chi connectivity index (χ1n) is 17.5. The zero-order chi connectivity index (χ0) is 33.7. The van der Waals surface area contributed by atoms with Crippen LogP contribution in [-0.4, -0.2) is 57.0 Å². The van der Waals surface area contributed by atoms with Crippen molar-refractivity contribution >= 4 is 45.0 Å². The number of benzene rings is 1. The molecule has 0 aliphatic heterocycles. The van der Waals surface area contributed by atoms with Gasteiger partial charge in [-0.3, -0.25) is 19.4 Å². The predicted molar refractivity (Wildman–Crippen MR) is 193 cm³/mol. The fourth-order valence-electron chi connectivity index (χ4n) is 9.24. The van der Waals surface area contributed by atoms with Crippen molar-refractivity contribution in [2.24, 2.45) is 28.6 Å². The molecule has 6 atom stereocenters. The molecule has 6 rings (SSSR count). The Bertz CT molecular complexity index is 1530. The van der Waals surface area contributed by atoms with E-state index in [9.17, 15) is 19.5 Å². The second-order valence-electron chi connectivity index (χ2n) is 14.4. The van der Waals surface area contributed by atoms with Crippen molar-refractivity contribution in [2.45, 2.75) is 84.3 Å². The van der Waals surface area contributed by atoms with Crippen molar-refractivity contribution in [3.8, 4) is 0 Å². The monoisotopic (exact) mass is 688 g/mol. The molecule has 0 bridgehead atoms. The number of aromatic nitrogens is 1. The molecule has 2 fully saturated rings. The highest BCUT2D eigenvalue weighted by molar-refractivity contribution is 8.76. The van der Waals surface area contributed by atoms with Crippen LogP contribution < -0.4 is 0 Å². The van der Waals surface area contributed by atoms with Gasteiger partial charge in [0.15, 0.2) is 0 Å². The van der Waals surface area contributed by atoms with Crippen LogP contribution in [0.5, 0.6) is 0 Å². The molecule has 1 aromatic heterocycles. The molecular formula is C39H48N2O5S2. The normalized spacial score (nSPS) is 29.0. The predicted octanol–water partition coefficient (Wildman–Crippen LogP) is 8.22. The van der Waals surface area contributed by atoms with Crippen molar-refractivity contribution in [3.05, 3.63) is 83.7 Å². The molecule has 0 spiro atoms. The number of allylic oxidation sites excluding steroid dienone is 3. The number of amides is 1. The lowest BCUT2D eigenvalue weighted by molar-refractivity contribution is -0.150. The quantitative estimate of drug-likeness (QED) is 0.0974. The number of carboxylic acid groups (broad SMARTS) is 1. The van der Waals surface area contributed by atoms with E-state index in [1.807, 2.05) is 42.7 Å². The summed E-state index contributed by atoms with van der Waals surface area (Å²) in [7, 11) is 3.10. The van der Waals surface area contributed by atoms with E-state index in [0.717, 1.165) is 37.7 Å². The molecule has 7 nitrogen and oxygen atoms in total. The molecule has 2 saturated carbocycles. The standard InChI is InChI=1S/C39H48N2O5S2/c1-38-18-14-30(46-37(45)17-22-48-47-21-16-35(42)41(26-36(43)44)25-27-7-4-3-5-8-27)23-29(38)10-11-31-33-13-12-32(28-9-6-20-40-24-28)39(33,2)19-15-34(31)38/h3-10,12,20,24,30-31,33-34H,11,13-19,21-23,25-26H2,1-2H3,(H,43,44)/t30-,31-,33-,34-,38-,39+/m0/s1. The lowest BCUT2D eigenvalue weighted by Crippen LogP contribution is -2.50. The van der Waals surface area contributed by atoms with Crippen LogP contribution in [0, 0.1) is 28.6 Å². The van der Waals surface area contributed by atoms with Crippen molar-refractivity contribution < 1.29 is 24.2 Å². The third-order valence-corrected chi connectivity index (χ3v) is 14.1. The summed E-state index contributed by atoms with van der Waals surface area (Å²) in [6.07, 6.45) is 17.1. The molecule has 0 unspecified atom stereocenters. The first-order valence-corrected chi connectivity index (χ1v) is 19.9. The minimum absolute atomic E-state index is 0.0485. The van der Waals surface area contributed by atoms with Gasteiger partial charge in [0.1, 0.15) is 12.6 Å². The molecular weight excluding hydrogens is 641 g/mol. The number of carboxylic acids is 1. The molecule has 48 heavy (non-hydrogen) atoms. The van der Waals surface area contributed by atoms with Crippen LogP contribution in [0.3, 0.4) is 0 Å². The van der Waals surface area contributed by atoms with Crippen LogP contribution in [0.4, 0.5) is 0 Å². The third kappa shape index (κ3) is 7.57. The molecule has 1 heterocycles. The van der Waals surface area contributed by atoms with E-state index in [-0.39, 0.29) is 48.3 Å². The van der Waals surface area contributed by atoms with Gasteiger partial charge in [-0.15, -0.1) is 0 Å². The Morgan fingerprint density at radius 1 is 0.938 bits per heavy atom. The van der Waals surface area contributed by atoms with Gasteiger partial charge in [0.25, 0.3) is 0 Å². The summed E-state index contributed by atoms with van der Waals surface area (Å²) in [6.45, 7) is 4.94. The Morgan fingerprint density at radius 2 is 1.71 bits per heavy atom. The number of hydrogen-bond donors (Lipinski definition) is 1. The Hall–Kier alpha value is -3.04. The van der Waals surface area contributed by atoms with Crippen LogP contribution in [0.1, 0.15) is 82.8 Å². The van der Waals surface area contributed by atoms with Crippen molar-refractivity contribution in [3.63, 3.8) is 0 Å². The van der Waals surface area contributed by atoms with E-state index in [0.29, 0.717) is 35.7 Å². The van der Waals surface area contributed by atoms with Gasteiger partial charge in [0, 0.05) is 43.3 Å². The molecule has 2 aromatic rings. The van der Waals surface area contributed by atoms with Gasteiger partial charge in [0.05, 0.1) is 6.42 Å². The number of hydrogen-bond acceptors (Lipinski definition) is 7. The van der Waals surface area contributed by atoms with Crippen LogP contribution in [0.25, 0.3) is 5.57 Å². The van der Waals surface area contributed by atoms with E-state index in [1.165, 1.54) is 34.5 Å². The average Bonchev–Trinajstić information content (AvgIpc) is 3.44. The Balaban J connectivity index is 0.930. The highest BCUT2D eigenvalue weighted by Gasteiger charge is 2.57. The zero-order valence-corrected chi connectivity index (χ0v) is 29.8. The lowest BCUT2D eigenvalue weighted by atomic mass is 9.47. The summed E-state index contributed by atoms with van der Waals surface area (Å²) in [4.78, 5) is 42.6. The summed E-state index contributed by atoms with van der Waals surface area (Å²) in [6, 6.07) is 13.7. The van der Waals surface area contributed by atoms with Gasteiger partial charge >= 0.3 is 11.9 Å². The third-order valence-electron chi connectivity index (χ3n) is 11.7. The van der Waals surface area contributed by atoms with Crippen LogP contribution >= 0.6 is 21.6 Å². The van der Waals surface area contributed by atoms with Crippen molar-refractivity contribution in [1.82, 2.24) is 9.88 Å². The number of carbonyl (C=O) groups excluding carboxylic acids is 2. The molecule has 0 radical (unpaired) electrons. The Morgan fingerprint density at radius 3 is 2.46 bits per heavy atom. The number of nitrogens with zero attached hydrogens (tertiary/aromatic N) is 2. The van der Waals surface area contributed by atoms with Gasteiger partial charge in [-0.1, -0.05) is 89.6 Å². The maximum absolute atomic E-state index is 12.8. The summed E-state index contributed by atoms with van der Waals surface area (Å²) in [5, 5.41) is 9.26. The molecule has 0 saturated heterocycles. The first kappa shape index (κ1) is 34.8. The number of rotatable bonds is 13. The molecule has 4 aliphatic rings. The second-order valence-corrected chi connectivity index (χ2v) is 17.1. The fraction of sp³-hybridized carbons (Fsp3) is 0.538. The summed E-state index contributed by atoms with van der Waals surface area (Å²) < 4.78 is 6.01. The molecule has 1 amide bonds. The average molecular weight is 689 g/mol. The minimum Gasteiger partial charge on any atom is -0.480 e. The Labute approximate surface area is 292 Å². The Kier molecular flexibility index (Phi) is 11.1. The molecule has 1 aromatic carbocycles. The largest absolute Gasteiger partial charge is 0.480 e. The van der Waals surface area contributed by atoms with Gasteiger partial charge in [-0.05, 0) is 89.9 Å². The number of ether oxygens (including phenoxy) is 1. The van der Waals surface area contributed by atoms with Crippen molar-refractivity contribution in [2.75, 3.05) is 18.1 Å². The van der Waals surface area contributed by atoms with E-state index in [4.69, 9.17) is 4.74 Å². The number of fused-ring (bicyclic) bond motifs is 5. The highest BCUT2D eigenvalue weighted by Crippen LogP contribution is 2.66. The maximum Gasteiger partial charge on any atom is 0.323 e. The van der Waals surface area contributed by atoms with Crippen LogP contribution in [-0.2, 0) is 25.7 Å². The molecule has 4 aliphatic carbocycles. The summed E-state index contributed by atoms with van der Waals surface area (Å²) >= 11 is 0. The summed E-state index contributed by atoms with van der Waals surface area (Å²) in [5.74, 6) is 1.87. The van der Waals surface area contributed by atoms with E-state index < -0.39 is 5.97 Å². The molecule has 9 heteroatoms. The summed E-state index contributed by atoms with van der Waals surface area (Å²) in [5.41, 5.74) is 5.60. The number of pyridine rings is 1. The molecule has 256 valence electrons. The van der Waals surface area contributed by atoms with E-state index in [2.05, 4.69) is 43.1 Å². The fourth-order valence-corrected chi connectivity index (χ4v) is 11.2. The topological polar surface area (TPSA) is 96.8 Å².